The van der Waals surface area contributed by atoms with Gasteiger partial charge < -0.3 is 0 Å². The normalized spacial score (nSPS) is 35.3. The fourth-order valence-corrected chi connectivity index (χ4v) is 2.30. The molecule has 0 saturated carbocycles. The summed E-state index contributed by atoms with van der Waals surface area (Å²) in [6.45, 7) is 10.5. The van der Waals surface area contributed by atoms with E-state index < -0.39 is 0 Å². The molecule has 0 spiro atoms. The Morgan fingerprint density at radius 1 is 1.15 bits per heavy atom. The van der Waals surface area contributed by atoms with Crippen LogP contribution in [0.2, 0.25) is 0 Å². The highest BCUT2D eigenvalue weighted by Gasteiger charge is 2.46. The van der Waals surface area contributed by atoms with Crippen molar-refractivity contribution in [3.8, 4) is 0 Å². The van der Waals surface area contributed by atoms with Crippen molar-refractivity contribution in [2.75, 3.05) is 0 Å². The second-order valence-corrected chi connectivity index (χ2v) is 5.47. The highest BCUT2D eigenvalue weighted by Crippen LogP contribution is 2.40. The molecule has 77 valence electrons. The number of nitrogens with zero attached hydrogens (tertiary/aromatic N) is 1. The van der Waals surface area contributed by atoms with Crippen LogP contribution in [-0.2, 0) is 5.21 Å². The van der Waals surface area contributed by atoms with E-state index in [1.807, 2.05) is 0 Å². The Bertz CT molecular complexity index is 189. The molecule has 1 rings (SSSR count). The molecule has 13 heavy (non-hydrogen) atoms. The minimum absolute atomic E-state index is 0.151. The van der Waals surface area contributed by atoms with E-state index in [0.717, 1.165) is 12.8 Å². The van der Waals surface area contributed by atoms with E-state index in [1.165, 1.54) is 11.5 Å². The third kappa shape index (κ3) is 1.75. The third-order valence-electron chi connectivity index (χ3n) is 3.73. The maximum atomic E-state index is 12.1. The van der Waals surface area contributed by atoms with Gasteiger partial charge in [-0.2, -0.15) is 0 Å². The Hall–Kier alpha value is -0.0800. The maximum absolute atomic E-state index is 12.1. The molecule has 0 aromatic heterocycles. The molecule has 0 aromatic rings. The van der Waals surface area contributed by atoms with Gasteiger partial charge in [0.15, 0.2) is 0 Å². The molecular formula is C11H22NO. The van der Waals surface area contributed by atoms with Gasteiger partial charge in [-0.3, -0.25) is 0 Å². The molecule has 0 aliphatic carbocycles. The van der Waals surface area contributed by atoms with Crippen molar-refractivity contribution in [2.24, 2.45) is 5.92 Å². The van der Waals surface area contributed by atoms with Gasteiger partial charge in [-0.25, -0.2) is 0 Å². The Labute approximate surface area is 81.9 Å². The van der Waals surface area contributed by atoms with Crippen LogP contribution in [-0.4, -0.2) is 16.1 Å². The Balaban J connectivity index is 2.88. The second kappa shape index (κ2) is 3.25. The standard InChI is InChI=1S/C11H22NO/c1-9(2)11(5)8-6-7-10(3,4)12(11)13/h9H,6-8H2,1-5H3. The van der Waals surface area contributed by atoms with E-state index >= 15 is 0 Å². The summed E-state index contributed by atoms with van der Waals surface area (Å²) in [5.41, 5.74) is -0.320. The van der Waals surface area contributed by atoms with E-state index in [-0.39, 0.29) is 11.1 Å². The first kappa shape index (κ1) is 11.0. The highest BCUT2D eigenvalue weighted by molar-refractivity contribution is 4.96. The van der Waals surface area contributed by atoms with E-state index in [4.69, 9.17) is 0 Å². The summed E-state index contributed by atoms with van der Waals surface area (Å²) in [5.74, 6) is 0.435. The zero-order chi connectivity index (χ0) is 10.3. The van der Waals surface area contributed by atoms with Crippen molar-refractivity contribution in [3.63, 3.8) is 0 Å². The first-order valence-corrected chi connectivity index (χ1v) is 5.28. The quantitative estimate of drug-likeness (QED) is 0.614. The van der Waals surface area contributed by atoms with Gasteiger partial charge >= 0.3 is 0 Å². The lowest BCUT2D eigenvalue weighted by atomic mass is 9.75. The van der Waals surface area contributed by atoms with Gasteiger partial charge in [-0.05, 0) is 46.0 Å². The van der Waals surface area contributed by atoms with Crippen molar-refractivity contribution < 1.29 is 5.21 Å². The Morgan fingerprint density at radius 3 is 2.08 bits per heavy atom. The summed E-state index contributed by atoms with van der Waals surface area (Å²) in [5, 5.41) is 13.5. The lowest BCUT2D eigenvalue weighted by Crippen LogP contribution is -2.59. The van der Waals surface area contributed by atoms with Gasteiger partial charge in [-0.1, -0.05) is 13.8 Å². The minimum atomic E-state index is -0.169. The summed E-state index contributed by atoms with van der Waals surface area (Å²) in [4.78, 5) is 0. The van der Waals surface area contributed by atoms with Crippen LogP contribution < -0.4 is 0 Å². The fourth-order valence-electron chi connectivity index (χ4n) is 2.30. The third-order valence-corrected chi connectivity index (χ3v) is 3.73. The van der Waals surface area contributed by atoms with Crippen LogP contribution in [0.3, 0.4) is 0 Å². The highest BCUT2D eigenvalue weighted by atomic mass is 16.5. The van der Waals surface area contributed by atoms with Crippen LogP contribution in [0.25, 0.3) is 0 Å². The van der Waals surface area contributed by atoms with Crippen LogP contribution >= 0.6 is 0 Å². The number of hydrogen-bond acceptors (Lipinski definition) is 1. The van der Waals surface area contributed by atoms with Gasteiger partial charge in [-0.15, -0.1) is 10.3 Å². The van der Waals surface area contributed by atoms with E-state index in [1.54, 1.807) is 0 Å². The molecule has 1 aliphatic heterocycles. The first-order chi connectivity index (χ1) is 5.81. The molecule has 0 N–H and O–H groups in total. The van der Waals surface area contributed by atoms with Crippen molar-refractivity contribution >= 4 is 0 Å². The van der Waals surface area contributed by atoms with E-state index in [2.05, 4.69) is 34.6 Å². The molecule has 1 atom stereocenters. The summed E-state index contributed by atoms with van der Waals surface area (Å²) < 4.78 is 0. The van der Waals surface area contributed by atoms with Crippen molar-refractivity contribution in [1.29, 1.82) is 0 Å². The summed E-state index contributed by atoms with van der Waals surface area (Å²) in [7, 11) is 0. The molecule has 1 unspecified atom stereocenters. The average Bonchev–Trinajstić information content (AvgIpc) is 1.99. The molecule has 1 radical (unpaired) electrons. The van der Waals surface area contributed by atoms with Crippen molar-refractivity contribution in [2.45, 2.75) is 65.0 Å². The van der Waals surface area contributed by atoms with Crippen LogP contribution in [0.15, 0.2) is 0 Å². The lowest BCUT2D eigenvalue weighted by Gasteiger charge is -2.50. The van der Waals surface area contributed by atoms with Gasteiger partial charge in [0.2, 0.25) is 0 Å². The summed E-state index contributed by atoms with van der Waals surface area (Å²) >= 11 is 0. The van der Waals surface area contributed by atoms with Crippen LogP contribution in [0, 0.1) is 5.92 Å². The molecular weight excluding hydrogens is 162 g/mol. The largest absolute Gasteiger partial charge is 0.143 e. The Kier molecular flexibility index (Phi) is 2.75. The number of hydroxylamine groups is 2. The van der Waals surface area contributed by atoms with Crippen LogP contribution in [0.5, 0.6) is 0 Å². The molecule has 2 heteroatoms. The molecule has 2 nitrogen and oxygen atoms in total. The second-order valence-electron chi connectivity index (χ2n) is 5.47. The maximum Gasteiger partial charge on any atom is 0.0494 e. The zero-order valence-corrected chi connectivity index (χ0v) is 9.55. The summed E-state index contributed by atoms with van der Waals surface area (Å²) in [6.07, 6.45) is 3.25. The Morgan fingerprint density at radius 2 is 1.69 bits per heavy atom. The molecule has 0 amide bonds. The predicted octanol–water partition coefficient (Wildman–Crippen LogP) is 3.01. The monoisotopic (exact) mass is 184 g/mol. The smallest absolute Gasteiger partial charge is 0.0494 e. The van der Waals surface area contributed by atoms with Gasteiger partial charge in [0, 0.05) is 11.1 Å². The molecule has 0 bridgehead atoms. The minimum Gasteiger partial charge on any atom is -0.143 e. The van der Waals surface area contributed by atoms with E-state index in [9.17, 15) is 5.21 Å². The number of piperidine rings is 1. The van der Waals surface area contributed by atoms with Crippen molar-refractivity contribution in [1.82, 2.24) is 5.06 Å². The SMILES string of the molecule is CC(C)C1(C)CCCC(C)(C)N1[O]. The molecule has 1 saturated heterocycles. The number of rotatable bonds is 1. The molecule has 0 aromatic carbocycles. The first-order valence-electron chi connectivity index (χ1n) is 5.28. The lowest BCUT2D eigenvalue weighted by molar-refractivity contribution is -0.301. The molecule has 1 heterocycles. The topological polar surface area (TPSA) is 23.1 Å². The van der Waals surface area contributed by atoms with E-state index in [0.29, 0.717) is 5.92 Å². The van der Waals surface area contributed by atoms with Crippen molar-refractivity contribution in [3.05, 3.63) is 0 Å². The molecule has 1 aliphatic rings. The summed E-state index contributed by atoms with van der Waals surface area (Å²) in [6, 6.07) is 0. The number of hydrogen-bond donors (Lipinski definition) is 0. The predicted molar refractivity (Wildman–Crippen MR) is 53.7 cm³/mol. The fraction of sp³-hybridized carbons (Fsp3) is 1.00. The van der Waals surface area contributed by atoms with Gasteiger partial charge in [0.05, 0.1) is 0 Å². The molecule has 1 fully saturated rings. The van der Waals surface area contributed by atoms with Crippen LogP contribution in [0.4, 0.5) is 0 Å². The van der Waals surface area contributed by atoms with Gasteiger partial charge in [0.1, 0.15) is 0 Å². The van der Waals surface area contributed by atoms with Gasteiger partial charge in [0.25, 0.3) is 0 Å². The van der Waals surface area contributed by atoms with Crippen LogP contribution in [0.1, 0.15) is 53.9 Å². The zero-order valence-electron chi connectivity index (χ0n) is 9.55. The average molecular weight is 184 g/mol.